The van der Waals surface area contributed by atoms with Gasteiger partial charge in [-0.2, -0.15) is 0 Å². The number of aromatic nitrogens is 1. The number of amides is 1. The Kier molecular flexibility index (Phi) is 4.62. The van der Waals surface area contributed by atoms with Crippen LogP contribution in [-0.4, -0.2) is 16.9 Å². The minimum atomic E-state index is 0.0497. The van der Waals surface area contributed by atoms with Gasteiger partial charge in [0.15, 0.2) is 0 Å². The summed E-state index contributed by atoms with van der Waals surface area (Å²) >= 11 is 1.59. The summed E-state index contributed by atoms with van der Waals surface area (Å²) in [4.78, 5) is 17.7. The van der Waals surface area contributed by atoms with E-state index in [-0.39, 0.29) is 5.91 Å². The van der Waals surface area contributed by atoms with Crippen LogP contribution in [0.5, 0.6) is 0 Å². The quantitative estimate of drug-likeness (QED) is 0.928. The number of hydrogen-bond acceptors (Lipinski definition) is 4. The van der Waals surface area contributed by atoms with Gasteiger partial charge in [-0.3, -0.25) is 4.79 Å². The minimum absolute atomic E-state index is 0.0497. The van der Waals surface area contributed by atoms with E-state index in [9.17, 15) is 4.79 Å². The molecule has 22 heavy (non-hydrogen) atoms. The first kappa shape index (κ1) is 15.3. The molecule has 2 aromatic heterocycles. The number of carbonyl (C=O) groups excluding carboxylic acids is 1. The van der Waals surface area contributed by atoms with Gasteiger partial charge in [-0.05, 0) is 50.0 Å². The Bertz CT molecular complexity index is 625. The van der Waals surface area contributed by atoms with E-state index >= 15 is 0 Å². The van der Waals surface area contributed by atoms with E-state index in [2.05, 4.69) is 17.2 Å². The summed E-state index contributed by atoms with van der Waals surface area (Å²) in [5.41, 5.74) is 0.741. The SMILES string of the molecule is Cc1oc(-c2cccs2)nc1CC(=O)NC1CCC(C)CC1. The van der Waals surface area contributed by atoms with E-state index in [4.69, 9.17) is 4.42 Å². The van der Waals surface area contributed by atoms with E-state index < -0.39 is 0 Å². The molecule has 0 atom stereocenters. The molecule has 3 rings (SSSR count). The van der Waals surface area contributed by atoms with Gasteiger partial charge in [-0.15, -0.1) is 11.3 Å². The molecule has 1 saturated carbocycles. The van der Waals surface area contributed by atoms with Crippen LogP contribution in [0.15, 0.2) is 21.9 Å². The molecule has 0 aliphatic heterocycles. The number of oxazole rings is 1. The lowest BCUT2D eigenvalue weighted by molar-refractivity contribution is -0.121. The second kappa shape index (κ2) is 6.65. The number of thiophene rings is 1. The molecule has 1 N–H and O–H groups in total. The average Bonchev–Trinajstić information content (AvgIpc) is 3.12. The molecule has 0 bridgehead atoms. The third-order valence-electron chi connectivity index (χ3n) is 4.33. The Balaban J connectivity index is 1.60. The van der Waals surface area contributed by atoms with Crippen LogP contribution in [0, 0.1) is 12.8 Å². The molecular weight excluding hydrogens is 296 g/mol. The highest BCUT2D eigenvalue weighted by Gasteiger charge is 2.21. The topological polar surface area (TPSA) is 55.1 Å². The Labute approximate surface area is 134 Å². The van der Waals surface area contributed by atoms with Gasteiger partial charge in [0.1, 0.15) is 5.76 Å². The number of rotatable bonds is 4. The smallest absolute Gasteiger partial charge is 0.236 e. The van der Waals surface area contributed by atoms with Crippen LogP contribution in [0.2, 0.25) is 0 Å². The summed E-state index contributed by atoms with van der Waals surface area (Å²) in [5.74, 6) is 2.19. The first-order valence-electron chi connectivity index (χ1n) is 7.91. The molecule has 118 valence electrons. The van der Waals surface area contributed by atoms with Gasteiger partial charge >= 0.3 is 0 Å². The van der Waals surface area contributed by atoms with Crippen molar-refractivity contribution < 1.29 is 9.21 Å². The lowest BCUT2D eigenvalue weighted by Crippen LogP contribution is -2.38. The molecule has 4 nitrogen and oxygen atoms in total. The number of aryl methyl sites for hydroxylation is 1. The average molecular weight is 318 g/mol. The molecule has 2 heterocycles. The predicted octanol–water partition coefficient (Wildman–Crippen LogP) is 3.95. The van der Waals surface area contributed by atoms with Crippen molar-refractivity contribution in [1.29, 1.82) is 0 Å². The second-order valence-electron chi connectivity index (χ2n) is 6.20. The van der Waals surface area contributed by atoms with Crippen molar-refractivity contribution in [2.45, 2.75) is 52.0 Å². The Hall–Kier alpha value is -1.62. The molecule has 0 aromatic carbocycles. The number of carbonyl (C=O) groups is 1. The fourth-order valence-electron chi connectivity index (χ4n) is 2.93. The molecule has 2 aromatic rings. The summed E-state index contributed by atoms with van der Waals surface area (Å²) < 4.78 is 5.68. The van der Waals surface area contributed by atoms with Crippen LogP contribution in [0.25, 0.3) is 10.8 Å². The number of nitrogens with zero attached hydrogens (tertiary/aromatic N) is 1. The third-order valence-corrected chi connectivity index (χ3v) is 5.19. The van der Waals surface area contributed by atoms with Crippen LogP contribution in [0.1, 0.15) is 44.1 Å². The maximum Gasteiger partial charge on any atom is 0.236 e. The number of nitrogens with one attached hydrogen (secondary N) is 1. The summed E-state index contributed by atoms with van der Waals surface area (Å²) in [7, 11) is 0. The highest BCUT2D eigenvalue weighted by molar-refractivity contribution is 7.13. The van der Waals surface area contributed by atoms with Gasteiger partial charge in [-0.1, -0.05) is 13.0 Å². The zero-order valence-electron chi connectivity index (χ0n) is 13.1. The maximum absolute atomic E-state index is 12.2. The van der Waals surface area contributed by atoms with Crippen molar-refractivity contribution in [3.8, 4) is 10.8 Å². The molecule has 1 amide bonds. The van der Waals surface area contributed by atoms with E-state index in [0.717, 1.165) is 35.1 Å². The normalized spacial score (nSPS) is 21.7. The summed E-state index contributed by atoms with van der Waals surface area (Å²) in [6, 6.07) is 4.27. The minimum Gasteiger partial charge on any atom is -0.440 e. The Morgan fingerprint density at radius 3 is 2.86 bits per heavy atom. The monoisotopic (exact) mass is 318 g/mol. The highest BCUT2D eigenvalue weighted by atomic mass is 32.1. The first-order valence-corrected chi connectivity index (χ1v) is 8.79. The molecule has 0 spiro atoms. The van der Waals surface area contributed by atoms with Gasteiger partial charge in [0, 0.05) is 6.04 Å². The van der Waals surface area contributed by atoms with Gasteiger partial charge < -0.3 is 9.73 Å². The largest absolute Gasteiger partial charge is 0.440 e. The third kappa shape index (κ3) is 3.58. The molecule has 0 radical (unpaired) electrons. The standard InChI is InChI=1S/C17H22N2O2S/c1-11-5-7-13(8-6-11)18-16(20)10-14-12(2)21-17(19-14)15-4-3-9-22-15/h3-4,9,11,13H,5-8,10H2,1-2H3,(H,18,20). The van der Waals surface area contributed by atoms with Crippen molar-refractivity contribution >= 4 is 17.2 Å². The summed E-state index contributed by atoms with van der Waals surface area (Å²) in [5, 5.41) is 5.13. The van der Waals surface area contributed by atoms with Crippen LogP contribution in [-0.2, 0) is 11.2 Å². The first-order chi connectivity index (χ1) is 10.6. The fourth-order valence-corrected chi connectivity index (χ4v) is 3.58. The van der Waals surface area contributed by atoms with Gasteiger partial charge in [0.05, 0.1) is 17.0 Å². The van der Waals surface area contributed by atoms with E-state index in [1.807, 2.05) is 24.4 Å². The van der Waals surface area contributed by atoms with E-state index in [1.165, 1.54) is 12.8 Å². The number of hydrogen-bond donors (Lipinski definition) is 1. The molecule has 5 heteroatoms. The molecule has 0 unspecified atom stereocenters. The van der Waals surface area contributed by atoms with Gasteiger partial charge in [-0.25, -0.2) is 4.98 Å². The predicted molar refractivity (Wildman–Crippen MR) is 87.8 cm³/mol. The van der Waals surface area contributed by atoms with Crippen LogP contribution in [0.4, 0.5) is 0 Å². The lowest BCUT2D eigenvalue weighted by atomic mass is 9.87. The Morgan fingerprint density at radius 2 is 2.18 bits per heavy atom. The van der Waals surface area contributed by atoms with Gasteiger partial charge in [0.2, 0.25) is 11.8 Å². The summed E-state index contributed by atoms with van der Waals surface area (Å²) in [6.45, 7) is 4.15. The lowest BCUT2D eigenvalue weighted by Gasteiger charge is -2.26. The zero-order valence-corrected chi connectivity index (χ0v) is 13.9. The van der Waals surface area contributed by atoms with Crippen molar-refractivity contribution in [3.63, 3.8) is 0 Å². The van der Waals surface area contributed by atoms with Crippen LogP contribution >= 0.6 is 11.3 Å². The van der Waals surface area contributed by atoms with Crippen molar-refractivity contribution in [2.75, 3.05) is 0 Å². The zero-order chi connectivity index (χ0) is 15.5. The highest BCUT2D eigenvalue weighted by Crippen LogP contribution is 2.26. The van der Waals surface area contributed by atoms with E-state index in [0.29, 0.717) is 18.4 Å². The maximum atomic E-state index is 12.2. The second-order valence-corrected chi connectivity index (χ2v) is 7.15. The van der Waals surface area contributed by atoms with Crippen molar-refractivity contribution in [2.24, 2.45) is 5.92 Å². The van der Waals surface area contributed by atoms with Crippen molar-refractivity contribution in [1.82, 2.24) is 10.3 Å². The molecule has 1 fully saturated rings. The Morgan fingerprint density at radius 1 is 1.41 bits per heavy atom. The van der Waals surface area contributed by atoms with E-state index in [1.54, 1.807) is 11.3 Å². The summed E-state index contributed by atoms with van der Waals surface area (Å²) in [6.07, 6.45) is 4.88. The van der Waals surface area contributed by atoms with Crippen LogP contribution < -0.4 is 5.32 Å². The van der Waals surface area contributed by atoms with Gasteiger partial charge in [0.25, 0.3) is 0 Å². The van der Waals surface area contributed by atoms with Crippen molar-refractivity contribution in [3.05, 3.63) is 29.0 Å². The molecule has 1 aliphatic carbocycles. The molecule has 0 saturated heterocycles. The fraction of sp³-hybridized carbons (Fsp3) is 0.529. The molecular formula is C17H22N2O2S. The molecule has 1 aliphatic rings. The van der Waals surface area contributed by atoms with Crippen LogP contribution in [0.3, 0.4) is 0 Å².